The normalized spacial score (nSPS) is 12.3. The summed E-state index contributed by atoms with van der Waals surface area (Å²) in [6.07, 6.45) is -1.000. The molecule has 1 aliphatic rings. The lowest BCUT2D eigenvalue weighted by Gasteiger charge is -2.20. The number of benzene rings is 2. The van der Waals surface area contributed by atoms with Crippen LogP contribution in [0.25, 0.3) is 11.1 Å². The molecule has 3 N–H and O–H groups in total. The number of alkyl carbamates (subject to hydrolysis) is 1. The summed E-state index contributed by atoms with van der Waals surface area (Å²) in [5.41, 5.74) is 4.44. The molecule has 2 aromatic rings. The number of fused-ring (bicyclic) bond motifs is 3. The van der Waals surface area contributed by atoms with Gasteiger partial charge in [-0.2, -0.15) is 0 Å². The number of nitrogens with one attached hydrogen (secondary N) is 1. The van der Waals surface area contributed by atoms with Crippen LogP contribution in [-0.4, -0.2) is 67.3 Å². The van der Waals surface area contributed by atoms with Crippen molar-refractivity contribution in [2.24, 2.45) is 0 Å². The minimum Gasteiger partial charge on any atom is -0.481 e. The molecule has 1 amide bonds. The Bertz CT molecular complexity index is 909. The second-order valence-corrected chi connectivity index (χ2v) is 7.60. The van der Waals surface area contributed by atoms with Crippen molar-refractivity contribution in [1.82, 2.24) is 5.32 Å². The van der Waals surface area contributed by atoms with Crippen molar-refractivity contribution >= 4 is 18.0 Å². The van der Waals surface area contributed by atoms with Gasteiger partial charge in [0.05, 0.1) is 45.3 Å². The Hall–Kier alpha value is -3.43. The number of amides is 1. The van der Waals surface area contributed by atoms with E-state index in [4.69, 9.17) is 24.4 Å². The molecule has 176 valence electrons. The summed E-state index contributed by atoms with van der Waals surface area (Å²) in [4.78, 5) is 33.7. The summed E-state index contributed by atoms with van der Waals surface area (Å²) in [7, 11) is 0. The van der Waals surface area contributed by atoms with Gasteiger partial charge in [-0.3, -0.25) is 9.59 Å². The van der Waals surface area contributed by atoms with Crippen molar-refractivity contribution in [3.8, 4) is 11.1 Å². The molecule has 3 rings (SSSR count). The predicted octanol–water partition coefficient (Wildman–Crippen LogP) is 2.88. The van der Waals surface area contributed by atoms with E-state index in [2.05, 4.69) is 5.32 Å². The van der Waals surface area contributed by atoms with Crippen molar-refractivity contribution in [3.63, 3.8) is 0 Å². The highest BCUT2D eigenvalue weighted by molar-refractivity contribution is 5.79. The van der Waals surface area contributed by atoms with Gasteiger partial charge in [-0.05, 0) is 22.3 Å². The van der Waals surface area contributed by atoms with Crippen molar-refractivity contribution in [2.45, 2.75) is 24.8 Å². The molecule has 0 unspecified atom stereocenters. The first-order valence-electron chi connectivity index (χ1n) is 10.7. The van der Waals surface area contributed by atoms with E-state index in [1.54, 1.807) is 0 Å². The number of rotatable bonds is 13. The van der Waals surface area contributed by atoms with Gasteiger partial charge in [0, 0.05) is 5.92 Å². The van der Waals surface area contributed by atoms with Gasteiger partial charge in [-0.25, -0.2) is 4.79 Å². The van der Waals surface area contributed by atoms with Gasteiger partial charge in [-0.15, -0.1) is 0 Å². The fourth-order valence-electron chi connectivity index (χ4n) is 3.71. The van der Waals surface area contributed by atoms with Gasteiger partial charge in [0.15, 0.2) is 0 Å². The number of carboxylic acid groups (broad SMARTS) is 2. The Morgan fingerprint density at radius 2 is 1.30 bits per heavy atom. The van der Waals surface area contributed by atoms with E-state index in [0.29, 0.717) is 0 Å². The van der Waals surface area contributed by atoms with E-state index in [1.165, 1.54) is 0 Å². The zero-order valence-electron chi connectivity index (χ0n) is 18.1. The summed E-state index contributed by atoms with van der Waals surface area (Å²) in [6.45, 7) is 0.113. The third-order valence-corrected chi connectivity index (χ3v) is 5.22. The first kappa shape index (κ1) is 24.2. The summed E-state index contributed by atoms with van der Waals surface area (Å²) in [5.74, 6) is -2.07. The number of carbonyl (C=O) groups excluding carboxylic acids is 1. The second-order valence-electron chi connectivity index (χ2n) is 7.60. The van der Waals surface area contributed by atoms with Gasteiger partial charge in [-0.1, -0.05) is 48.5 Å². The molecule has 0 heterocycles. The SMILES string of the molecule is O=C(O)CCOCC(COCCC(=O)O)NC(=O)OCC1c2ccccc2-c2ccccc21. The van der Waals surface area contributed by atoms with Crippen molar-refractivity contribution in [2.75, 3.05) is 33.0 Å². The number of hydrogen-bond donors (Lipinski definition) is 3. The van der Waals surface area contributed by atoms with Crippen LogP contribution in [0.15, 0.2) is 48.5 Å². The largest absolute Gasteiger partial charge is 0.481 e. The van der Waals surface area contributed by atoms with Crippen LogP contribution in [-0.2, 0) is 23.8 Å². The lowest BCUT2D eigenvalue weighted by molar-refractivity contribution is -0.139. The average Bonchev–Trinajstić information content (AvgIpc) is 3.11. The maximum atomic E-state index is 12.5. The third kappa shape index (κ3) is 7.03. The maximum absolute atomic E-state index is 12.5. The van der Waals surface area contributed by atoms with E-state index in [0.717, 1.165) is 22.3 Å². The molecule has 0 fully saturated rings. The molecule has 0 atom stereocenters. The minimum absolute atomic E-state index is 0.00451. The van der Waals surface area contributed by atoms with Crippen molar-refractivity contribution < 1.29 is 38.8 Å². The predicted molar refractivity (Wildman–Crippen MR) is 118 cm³/mol. The molecule has 0 bridgehead atoms. The smallest absolute Gasteiger partial charge is 0.407 e. The van der Waals surface area contributed by atoms with E-state index < -0.39 is 24.1 Å². The third-order valence-electron chi connectivity index (χ3n) is 5.22. The molecule has 9 nitrogen and oxygen atoms in total. The molecule has 9 heteroatoms. The summed E-state index contributed by atoms with van der Waals surface area (Å²) in [5, 5.41) is 20.1. The fourth-order valence-corrected chi connectivity index (χ4v) is 3.71. The van der Waals surface area contributed by atoms with Crippen molar-refractivity contribution in [1.29, 1.82) is 0 Å². The van der Waals surface area contributed by atoms with E-state index in [9.17, 15) is 14.4 Å². The molecule has 0 saturated heterocycles. The lowest BCUT2D eigenvalue weighted by Crippen LogP contribution is -2.42. The molecule has 0 aromatic heterocycles. The zero-order valence-corrected chi connectivity index (χ0v) is 18.1. The molecular weight excluding hydrogens is 430 g/mol. The number of hydrogen-bond acceptors (Lipinski definition) is 6. The van der Waals surface area contributed by atoms with Crippen molar-refractivity contribution in [3.05, 3.63) is 59.7 Å². The van der Waals surface area contributed by atoms with Crippen LogP contribution in [0.4, 0.5) is 4.79 Å². The van der Waals surface area contributed by atoms with Crippen LogP contribution < -0.4 is 5.32 Å². The summed E-state index contributed by atoms with van der Waals surface area (Å²) < 4.78 is 16.1. The zero-order chi connectivity index (χ0) is 23.6. The molecule has 0 aliphatic heterocycles. The molecule has 2 aromatic carbocycles. The van der Waals surface area contributed by atoms with E-state index in [-0.39, 0.29) is 51.8 Å². The summed E-state index contributed by atoms with van der Waals surface area (Å²) >= 11 is 0. The topological polar surface area (TPSA) is 131 Å². The number of carbonyl (C=O) groups is 3. The Kier molecular flexibility index (Phi) is 8.79. The number of ether oxygens (including phenoxy) is 3. The van der Waals surface area contributed by atoms with E-state index in [1.807, 2.05) is 48.5 Å². The minimum atomic E-state index is -0.992. The van der Waals surface area contributed by atoms with Gasteiger partial charge in [0.1, 0.15) is 6.61 Å². The van der Waals surface area contributed by atoms with Gasteiger partial charge in [0.2, 0.25) is 0 Å². The molecule has 0 saturated carbocycles. The van der Waals surface area contributed by atoms with Gasteiger partial charge in [0.25, 0.3) is 0 Å². The van der Waals surface area contributed by atoms with Crippen LogP contribution in [0, 0.1) is 0 Å². The van der Waals surface area contributed by atoms with Crippen LogP contribution in [0.5, 0.6) is 0 Å². The Labute approximate surface area is 191 Å². The highest BCUT2D eigenvalue weighted by Gasteiger charge is 2.29. The first-order chi connectivity index (χ1) is 16.0. The standard InChI is InChI=1S/C24H27NO8/c26-22(27)9-11-31-13-16(14-32-12-10-23(28)29)25-24(30)33-15-21-19-7-3-1-5-17(19)18-6-2-4-8-20(18)21/h1-8,16,21H,9-15H2,(H,25,30)(H,26,27)(H,28,29). The lowest BCUT2D eigenvalue weighted by atomic mass is 9.98. The quantitative estimate of drug-likeness (QED) is 0.391. The van der Waals surface area contributed by atoms with E-state index >= 15 is 0 Å². The number of carboxylic acids is 2. The number of aliphatic carboxylic acids is 2. The Morgan fingerprint density at radius 1 is 0.818 bits per heavy atom. The monoisotopic (exact) mass is 457 g/mol. The average molecular weight is 457 g/mol. The second kappa shape index (κ2) is 12.0. The fraction of sp³-hybridized carbons (Fsp3) is 0.375. The maximum Gasteiger partial charge on any atom is 0.407 e. The summed E-state index contributed by atoms with van der Waals surface area (Å²) in [6, 6.07) is 15.4. The van der Waals surface area contributed by atoms with Crippen LogP contribution in [0.3, 0.4) is 0 Å². The van der Waals surface area contributed by atoms with Gasteiger partial charge < -0.3 is 29.7 Å². The van der Waals surface area contributed by atoms with Gasteiger partial charge >= 0.3 is 18.0 Å². The first-order valence-corrected chi connectivity index (χ1v) is 10.7. The molecular formula is C24H27NO8. The van der Waals surface area contributed by atoms with Crippen LogP contribution >= 0.6 is 0 Å². The Morgan fingerprint density at radius 3 is 1.79 bits per heavy atom. The molecule has 0 spiro atoms. The highest BCUT2D eigenvalue weighted by atomic mass is 16.6. The van der Waals surface area contributed by atoms with Crippen LogP contribution in [0.2, 0.25) is 0 Å². The van der Waals surface area contributed by atoms with Crippen LogP contribution in [0.1, 0.15) is 29.9 Å². The highest BCUT2D eigenvalue weighted by Crippen LogP contribution is 2.44. The Balaban J connectivity index is 1.55. The molecule has 0 radical (unpaired) electrons. The molecule has 1 aliphatic carbocycles. The molecule has 33 heavy (non-hydrogen) atoms.